The Morgan fingerprint density at radius 2 is 2.00 bits per heavy atom. The summed E-state index contributed by atoms with van der Waals surface area (Å²) >= 11 is 0. The van der Waals surface area contributed by atoms with E-state index >= 15 is 0 Å². The van der Waals surface area contributed by atoms with E-state index in [1.54, 1.807) is 4.90 Å². The molecule has 144 valence electrons. The maximum Gasteiger partial charge on any atom is 0.255 e. The van der Waals surface area contributed by atoms with Gasteiger partial charge in [-0.25, -0.2) is 0 Å². The molecule has 0 aliphatic carbocycles. The zero-order chi connectivity index (χ0) is 18.8. The Morgan fingerprint density at radius 1 is 1.11 bits per heavy atom. The fourth-order valence-corrected chi connectivity index (χ4v) is 4.20. The molecule has 2 atom stereocenters. The molecule has 2 saturated heterocycles. The van der Waals surface area contributed by atoms with Crippen molar-refractivity contribution in [3.63, 3.8) is 0 Å². The van der Waals surface area contributed by atoms with Gasteiger partial charge in [0.2, 0.25) is 11.8 Å². The maximum absolute atomic E-state index is 12.9. The zero-order valence-electron chi connectivity index (χ0n) is 15.4. The summed E-state index contributed by atoms with van der Waals surface area (Å²) in [5.74, 6) is -0.737. The average Bonchev–Trinajstić information content (AvgIpc) is 2.84. The van der Waals surface area contributed by atoms with Gasteiger partial charge in [0.15, 0.2) is 0 Å². The second-order valence-corrected chi connectivity index (χ2v) is 7.65. The molecule has 3 amide bonds. The minimum absolute atomic E-state index is 0.111. The van der Waals surface area contributed by atoms with Gasteiger partial charge in [0.05, 0.1) is 0 Å². The molecule has 0 aromatic heterocycles. The third kappa shape index (κ3) is 3.89. The van der Waals surface area contributed by atoms with Crippen molar-refractivity contribution in [2.45, 2.75) is 57.3 Å². The van der Waals surface area contributed by atoms with Crippen LogP contribution in [0.15, 0.2) is 18.2 Å². The number of imide groups is 1. The van der Waals surface area contributed by atoms with Crippen molar-refractivity contribution in [2.24, 2.45) is 0 Å². The first-order valence-electron chi connectivity index (χ1n) is 9.82. The summed E-state index contributed by atoms with van der Waals surface area (Å²) in [6.45, 7) is 3.30. The van der Waals surface area contributed by atoms with Gasteiger partial charge < -0.3 is 15.5 Å². The van der Waals surface area contributed by atoms with Gasteiger partial charge in [0.25, 0.3) is 5.91 Å². The number of piperidine rings is 1. The van der Waals surface area contributed by atoms with Crippen molar-refractivity contribution in [3.8, 4) is 0 Å². The van der Waals surface area contributed by atoms with Crippen LogP contribution in [0.4, 0.5) is 0 Å². The monoisotopic (exact) mass is 370 g/mol. The number of hydrogen-bond acceptors (Lipinski definition) is 5. The SMILES string of the molecule is O=C1CCC(N2Cc3ccc(CNC4CCCNCC4)cc3C2=O)C(=O)N1. The van der Waals surface area contributed by atoms with Gasteiger partial charge in [-0.15, -0.1) is 0 Å². The molecule has 3 aliphatic heterocycles. The van der Waals surface area contributed by atoms with Crippen molar-refractivity contribution < 1.29 is 14.4 Å². The number of amides is 3. The quantitative estimate of drug-likeness (QED) is 0.678. The van der Waals surface area contributed by atoms with Gasteiger partial charge in [0.1, 0.15) is 6.04 Å². The van der Waals surface area contributed by atoms with E-state index in [1.165, 1.54) is 12.8 Å². The molecule has 27 heavy (non-hydrogen) atoms. The molecule has 2 unspecified atom stereocenters. The molecule has 7 heteroatoms. The lowest BCUT2D eigenvalue weighted by Gasteiger charge is -2.29. The topological polar surface area (TPSA) is 90.5 Å². The summed E-state index contributed by atoms with van der Waals surface area (Å²) < 4.78 is 0. The zero-order valence-corrected chi connectivity index (χ0v) is 15.4. The fraction of sp³-hybridized carbons (Fsp3) is 0.550. The molecule has 3 aliphatic rings. The Morgan fingerprint density at radius 3 is 2.85 bits per heavy atom. The lowest BCUT2D eigenvalue weighted by molar-refractivity contribution is -0.136. The van der Waals surface area contributed by atoms with Gasteiger partial charge in [-0.2, -0.15) is 0 Å². The molecule has 1 aromatic carbocycles. The van der Waals surface area contributed by atoms with Crippen molar-refractivity contribution in [1.82, 2.24) is 20.9 Å². The predicted molar refractivity (Wildman–Crippen MR) is 99.8 cm³/mol. The van der Waals surface area contributed by atoms with E-state index in [9.17, 15) is 14.4 Å². The van der Waals surface area contributed by atoms with Crippen LogP contribution in [0.5, 0.6) is 0 Å². The van der Waals surface area contributed by atoms with Gasteiger partial charge in [-0.1, -0.05) is 12.1 Å². The Bertz CT molecular complexity index is 756. The van der Waals surface area contributed by atoms with Crippen molar-refractivity contribution in [1.29, 1.82) is 0 Å². The van der Waals surface area contributed by atoms with Crippen molar-refractivity contribution >= 4 is 17.7 Å². The molecule has 0 bridgehead atoms. The number of fused-ring (bicyclic) bond motifs is 1. The van der Waals surface area contributed by atoms with Crippen molar-refractivity contribution in [2.75, 3.05) is 13.1 Å². The number of hydrogen-bond donors (Lipinski definition) is 3. The van der Waals surface area contributed by atoms with Crippen LogP contribution >= 0.6 is 0 Å². The number of carbonyl (C=O) groups is 3. The maximum atomic E-state index is 12.9. The first-order valence-corrected chi connectivity index (χ1v) is 9.82. The standard InChI is InChI=1S/C20H26N4O3/c25-18-6-5-17(19(26)23-18)24-12-14-4-3-13(10-16(14)20(24)27)11-22-15-2-1-8-21-9-7-15/h3-4,10,15,17,21-22H,1-2,5-9,11-12H2,(H,23,25,26). The first-order chi connectivity index (χ1) is 13.1. The molecule has 2 fully saturated rings. The lowest BCUT2D eigenvalue weighted by atomic mass is 10.0. The highest BCUT2D eigenvalue weighted by Crippen LogP contribution is 2.28. The summed E-state index contributed by atoms with van der Waals surface area (Å²) in [6, 6.07) is 5.95. The number of nitrogens with zero attached hydrogens (tertiary/aromatic N) is 1. The van der Waals surface area contributed by atoms with Crippen LogP contribution in [-0.4, -0.2) is 47.8 Å². The largest absolute Gasteiger partial charge is 0.322 e. The molecule has 4 rings (SSSR count). The third-order valence-corrected chi connectivity index (χ3v) is 5.76. The minimum Gasteiger partial charge on any atom is -0.322 e. The Balaban J connectivity index is 1.42. The molecule has 0 radical (unpaired) electrons. The normalized spacial score (nSPS) is 25.9. The van der Waals surface area contributed by atoms with E-state index in [2.05, 4.69) is 22.0 Å². The van der Waals surface area contributed by atoms with Crippen LogP contribution < -0.4 is 16.0 Å². The van der Waals surface area contributed by atoms with E-state index in [4.69, 9.17) is 0 Å². The third-order valence-electron chi connectivity index (χ3n) is 5.76. The van der Waals surface area contributed by atoms with Gasteiger partial charge in [-0.3, -0.25) is 19.7 Å². The smallest absolute Gasteiger partial charge is 0.255 e. The van der Waals surface area contributed by atoms with Crippen molar-refractivity contribution in [3.05, 3.63) is 34.9 Å². The Labute approximate surface area is 158 Å². The summed E-state index contributed by atoms with van der Waals surface area (Å²) in [6.07, 6.45) is 4.14. The molecule has 3 N–H and O–H groups in total. The van der Waals surface area contributed by atoms with Crippen LogP contribution in [0.3, 0.4) is 0 Å². The van der Waals surface area contributed by atoms with Gasteiger partial charge in [-0.05, 0) is 56.0 Å². The number of nitrogens with one attached hydrogen (secondary N) is 3. The average molecular weight is 370 g/mol. The highest BCUT2D eigenvalue weighted by Gasteiger charge is 2.39. The fourth-order valence-electron chi connectivity index (χ4n) is 4.20. The second kappa shape index (κ2) is 7.78. The van der Waals surface area contributed by atoms with E-state index in [-0.39, 0.29) is 24.1 Å². The summed E-state index contributed by atoms with van der Waals surface area (Å²) in [5, 5.41) is 9.36. The van der Waals surface area contributed by atoms with Gasteiger partial charge in [0, 0.05) is 31.1 Å². The Kier molecular flexibility index (Phi) is 5.22. The molecule has 0 spiro atoms. The first kappa shape index (κ1) is 18.1. The molecular weight excluding hydrogens is 344 g/mol. The molecular formula is C20H26N4O3. The van der Waals surface area contributed by atoms with Gasteiger partial charge >= 0.3 is 0 Å². The molecule has 0 saturated carbocycles. The second-order valence-electron chi connectivity index (χ2n) is 7.65. The van der Waals surface area contributed by atoms with E-state index in [0.29, 0.717) is 24.6 Å². The van der Waals surface area contributed by atoms with Crippen LogP contribution in [-0.2, 0) is 22.7 Å². The Hall–Kier alpha value is -2.25. The van der Waals surface area contributed by atoms with Crippen LogP contribution in [0.25, 0.3) is 0 Å². The summed E-state index contributed by atoms with van der Waals surface area (Å²) in [5.41, 5.74) is 2.72. The van der Waals surface area contributed by atoms with E-state index in [1.807, 2.05) is 12.1 Å². The molecule has 1 aromatic rings. The predicted octanol–water partition coefficient (Wildman–Crippen LogP) is 0.679. The van der Waals surface area contributed by atoms with Crippen LogP contribution in [0.2, 0.25) is 0 Å². The molecule has 7 nitrogen and oxygen atoms in total. The van der Waals surface area contributed by atoms with Crippen LogP contribution in [0.1, 0.15) is 53.6 Å². The highest BCUT2D eigenvalue weighted by molar-refractivity contribution is 6.05. The van der Waals surface area contributed by atoms with E-state index < -0.39 is 6.04 Å². The number of benzene rings is 1. The number of rotatable bonds is 4. The number of carbonyl (C=O) groups excluding carboxylic acids is 3. The molecule has 3 heterocycles. The lowest BCUT2D eigenvalue weighted by Crippen LogP contribution is -2.52. The van der Waals surface area contributed by atoms with Crippen LogP contribution in [0, 0.1) is 0 Å². The minimum atomic E-state index is -0.553. The summed E-state index contributed by atoms with van der Waals surface area (Å²) in [4.78, 5) is 37.9. The summed E-state index contributed by atoms with van der Waals surface area (Å²) in [7, 11) is 0. The highest BCUT2D eigenvalue weighted by atomic mass is 16.2. The van der Waals surface area contributed by atoms with E-state index in [0.717, 1.165) is 37.2 Å².